The van der Waals surface area contributed by atoms with E-state index in [1.807, 2.05) is 0 Å². The van der Waals surface area contributed by atoms with Crippen LogP contribution in [0.1, 0.15) is 83.3 Å². The zero-order valence-corrected chi connectivity index (χ0v) is 23.3. The van der Waals surface area contributed by atoms with Crippen LogP contribution in [0.5, 0.6) is 11.5 Å². The molecule has 2 rings (SSSR count). The second-order valence-corrected chi connectivity index (χ2v) is 9.13. The number of ether oxygens (including phenoxy) is 2. The molecule has 0 saturated heterocycles. The first kappa shape index (κ1) is 33.9. The molecule has 0 aliphatic rings. The van der Waals surface area contributed by atoms with Crippen molar-refractivity contribution in [2.24, 2.45) is 0 Å². The molecule has 1 unspecified atom stereocenters. The minimum atomic E-state index is -4.84. The van der Waals surface area contributed by atoms with E-state index in [-0.39, 0.29) is 18.3 Å². The molecule has 0 spiro atoms. The Bertz CT molecular complexity index is 990. The molecule has 2 aromatic rings. The highest BCUT2D eigenvalue weighted by Crippen LogP contribution is 2.37. The largest absolute Gasteiger partial charge is 0.573 e. The van der Waals surface area contributed by atoms with Crippen molar-refractivity contribution in [3.63, 3.8) is 0 Å². The van der Waals surface area contributed by atoms with Gasteiger partial charge in [0.05, 0.1) is 0 Å². The van der Waals surface area contributed by atoms with Crippen molar-refractivity contribution in [1.29, 1.82) is 0 Å². The van der Waals surface area contributed by atoms with Crippen LogP contribution in [-0.4, -0.2) is 53.0 Å². The van der Waals surface area contributed by atoms with E-state index in [9.17, 15) is 18.3 Å². The number of alkyl halides is 3. The summed E-state index contributed by atoms with van der Waals surface area (Å²) in [5.74, 6) is -0.0772. The fourth-order valence-electron chi connectivity index (χ4n) is 4.25. The quantitative estimate of drug-likeness (QED) is 0.147. The highest BCUT2D eigenvalue weighted by Gasteiger charge is 2.31. The number of benzene rings is 1. The van der Waals surface area contributed by atoms with Crippen molar-refractivity contribution < 1.29 is 37.7 Å². The van der Waals surface area contributed by atoms with Gasteiger partial charge in [-0.05, 0) is 56.2 Å². The van der Waals surface area contributed by atoms with Gasteiger partial charge in [-0.15, -0.1) is 23.4 Å². The first-order valence-electron chi connectivity index (χ1n) is 13.5. The number of carbonyl (C=O) groups is 1. The first-order valence-corrected chi connectivity index (χ1v) is 13.5. The molecule has 0 aliphatic heterocycles. The van der Waals surface area contributed by atoms with Gasteiger partial charge < -0.3 is 25.0 Å². The maximum atomic E-state index is 12.6. The lowest BCUT2D eigenvalue weighted by atomic mass is 9.94. The second-order valence-electron chi connectivity index (χ2n) is 9.13. The maximum absolute atomic E-state index is 12.6. The molecule has 1 aromatic carbocycles. The number of methoxy groups -OCH3 is 1. The number of hydrogen-bond donors (Lipinski definition) is 3. The van der Waals surface area contributed by atoms with E-state index in [1.54, 1.807) is 7.11 Å². The second kappa shape index (κ2) is 18.3. The summed E-state index contributed by atoms with van der Waals surface area (Å²) in [6.45, 7) is 6.76. The number of aromatic nitrogens is 2. The van der Waals surface area contributed by atoms with Crippen molar-refractivity contribution in [2.75, 3.05) is 19.0 Å². The smallest absolute Gasteiger partial charge is 0.507 e. The Morgan fingerprint density at radius 3 is 2.26 bits per heavy atom. The number of carboxylic acid groups (broad SMARTS) is 1. The monoisotopic (exact) mass is 557 g/mol. The first-order chi connectivity index (χ1) is 18.6. The molecule has 0 bridgehead atoms. The van der Waals surface area contributed by atoms with Gasteiger partial charge in [-0.1, -0.05) is 46.5 Å². The Morgan fingerprint density at radius 2 is 1.69 bits per heavy atom. The number of anilines is 1. The Morgan fingerprint density at radius 1 is 1.03 bits per heavy atom. The number of phenolic OH excluding ortho intramolecular Hbond substituents is 1. The van der Waals surface area contributed by atoms with Crippen LogP contribution in [0.2, 0.25) is 0 Å². The fourth-order valence-corrected chi connectivity index (χ4v) is 4.25. The van der Waals surface area contributed by atoms with Crippen LogP contribution in [0.3, 0.4) is 0 Å². The highest BCUT2D eigenvalue weighted by atomic mass is 19.4. The Balaban J connectivity index is 0.00000242. The van der Waals surface area contributed by atoms with Crippen LogP contribution in [0.4, 0.5) is 19.0 Å². The number of nitrogens with one attached hydrogen (secondary N) is 1. The van der Waals surface area contributed by atoms with Gasteiger partial charge >= 0.3 is 6.36 Å². The van der Waals surface area contributed by atoms with E-state index in [2.05, 4.69) is 41.0 Å². The summed E-state index contributed by atoms with van der Waals surface area (Å²) in [4.78, 5) is 8.36. The molecule has 1 heterocycles. The van der Waals surface area contributed by atoms with Gasteiger partial charge in [-0.25, -0.2) is 0 Å². The maximum Gasteiger partial charge on any atom is 0.573 e. The molecule has 1 atom stereocenters. The Hall–Kier alpha value is -3.08. The summed E-state index contributed by atoms with van der Waals surface area (Å²) >= 11 is 0. The summed E-state index contributed by atoms with van der Waals surface area (Å²) in [6, 6.07) is 3.82. The molecule has 8 nitrogen and oxygen atoms in total. The third-order valence-electron chi connectivity index (χ3n) is 6.19. The van der Waals surface area contributed by atoms with Crippen LogP contribution in [-0.2, 0) is 22.4 Å². The molecule has 0 saturated carbocycles. The molecule has 220 valence electrons. The lowest BCUT2D eigenvalue weighted by molar-refractivity contribution is -0.274. The van der Waals surface area contributed by atoms with Crippen molar-refractivity contribution in [3.05, 3.63) is 29.3 Å². The van der Waals surface area contributed by atoms with Gasteiger partial charge in [0.1, 0.15) is 17.2 Å². The molecule has 0 fully saturated rings. The lowest BCUT2D eigenvalue weighted by Crippen LogP contribution is -2.22. The summed E-state index contributed by atoms with van der Waals surface area (Å²) in [5, 5.41) is 30.1. The van der Waals surface area contributed by atoms with Gasteiger partial charge in [0, 0.05) is 37.0 Å². The van der Waals surface area contributed by atoms with Crippen LogP contribution >= 0.6 is 0 Å². The van der Waals surface area contributed by atoms with E-state index in [1.165, 1.54) is 18.6 Å². The van der Waals surface area contributed by atoms with Crippen molar-refractivity contribution in [3.8, 4) is 22.8 Å². The van der Waals surface area contributed by atoms with Gasteiger partial charge in [-0.2, -0.15) is 0 Å². The fraction of sp³-hybridized carbons (Fsp3) is 0.607. The SMILES string of the molecule is CCCCCC(CC)Nc1nnc(-c2ccc(OC(F)(F)F)cc2O)c(CCCOC)c1CCCC.O=CO. The summed E-state index contributed by atoms with van der Waals surface area (Å²) < 4.78 is 47.1. The number of rotatable bonds is 16. The minimum absolute atomic E-state index is 0.250. The standard InChI is InChI=1S/C27H40F3N3O3.CH2O2/c1-5-8-10-12-19(7-3)31-26-22(13-9-6-2)21(14-11-17-35-4)25(32-33-26)23-16-15-20(18-24(23)34)36-27(28,29)30;2-1-3/h15-16,18-19,34H,5-14,17H2,1-4H3,(H,31,33);1H,(H,2,3). The molecule has 1 aromatic heterocycles. The van der Waals surface area contributed by atoms with Crippen molar-refractivity contribution in [2.45, 2.75) is 97.4 Å². The average molecular weight is 558 g/mol. The van der Waals surface area contributed by atoms with Crippen LogP contribution in [0.25, 0.3) is 11.3 Å². The average Bonchev–Trinajstić information content (AvgIpc) is 2.87. The van der Waals surface area contributed by atoms with Crippen molar-refractivity contribution >= 4 is 12.3 Å². The summed E-state index contributed by atoms with van der Waals surface area (Å²) in [6.07, 6.45) is 4.74. The highest BCUT2D eigenvalue weighted by molar-refractivity contribution is 5.73. The van der Waals surface area contributed by atoms with Crippen LogP contribution in [0.15, 0.2) is 18.2 Å². The predicted molar refractivity (Wildman–Crippen MR) is 145 cm³/mol. The number of aromatic hydroxyl groups is 1. The summed E-state index contributed by atoms with van der Waals surface area (Å²) in [7, 11) is 1.64. The number of unbranched alkanes of at least 4 members (excludes halogenated alkanes) is 3. The molecule has 0 amide bonds. The Kier molecular flexibility index (Phi) is 15.9. The predicted octanol–water partition coefficient (Wildman–Crippen LogP) is 7.14. The Labute approximate surface area is 228 Å². The third-order valence-corrected chi connectivity index (χ3v) is 6.19. The molecule has 3 N–H and O–H groups in total. The third kappa shape index (κ3) is 12.1. The zero-order chi connectivity index (χ0) is 29.3. The molecule has 11 heteroatoms. The van der Waals surface area contributed by atoms with Gasteiger partial charge in [0.25, 0.3) is 6.47 Å². The molecular weight excluding hydrogens is 515 g/mol. The number of hydrogen-bond acceptors (Lipinski definition) is 7. The van der Waals surface area contributed by atoms with E-state index >= 15 is 0 Å². The zero-order valence-electron chi connectivity index (χ0n) is 23.3. The van der Waals surface area contributed by atoms with E-state index < -0.39 is 12.1 Å². The number of phenols is 1. The van der Waals surface area contributed by atoms with Crippen molar-refractivity contribution in [1.82, 2.24) is 10.2 Å². The van der Waals surface area contributed by atoms with Gasteiger partial charge in [0.15, 0.2) is 5.82 Å². The lowest BCUT2D eigenvalue weighted by Gasteiger charge is -2.23. The van der Waals surface area contributed by atoms with Crippen LogP contribution in [0, 0.1) is 0 Å². The molecular formula is C28H42F3N3O5. The molecule has 39 heavy (non-hydrogen) atoms. The normalized spacial score (nSPS) is 11.9. The number of halogens is 3. The van der Waals surface area contributed by atoms with Gasteiger partial charge in [0.2, 0.25) is 0 Å². The van der Waals surface area contributed by atoms with E-state index in [0.29, 0.717) is 24.3 Å². The van der Waals surface area contributed by atoms with Crippen LogP contribution < -0.4 is 10.1 Å². The summed E-state index contributed by atoms with van der Waals surface area (Å²) in [5.41, 5.74) is 2.77. The topological polar surface area (TPSA) is 114 Å². The molecule has 0 aliphatic carbocycles. The molecule has 0 radical (unpaired) electrons. The minimum Gasteiger partial charge on any atom is -0.507 e. The number of nitrogens with zero attached hydrogens (tertiary/aromatic N) is 2. The van der Waals surface area contributed by atoms with E-state index in [4.69, 9.17) is 14.6 Å². The van der Waals surface area contributed by atoms with Gasteiger partial charge in [-0.3, -0.25) is 4.79 Å². The van der Waals surface area contributed by atoms with E-state index in [0.717, 1.165) is 74.4 Å².